The van der Waals surface area contributed by atoms with Gasteiger partial charge in [0.2, 0.25) is 0 Å². The highest BCUT2D eigenvalue weighted by Crippen LogP contribution is 2.22. The lowest BCUT2D eigenvalue weighted by molar-refractivity contribution is 0.0622. The number of rotatable bonds is 4. The summed E-state index contributed by atoms with van der Waals surface area (Å²) < 4.78 is 10.8. The van der Waals surface area contributed by atoms with E-state index in [1.807, 2.05) is 6.20 Å². The SMILES string of the molecule is CC(Nc1ccc(N2CCOCC2)nc1)C1CCOCC1. The number of hydrogen-bond donors (Lipinski definition) is 1. The van der Waals surface area contributed by atoms with Gasteiger partial charge in [-0.15, -0.1) is 0 Å². The molecule has 2 saturated heterocycles. The predicted molar refractivity (Wildman–Crippen MR) is 83.9 cm³/mol. The zero-order valence-corrected chi connectivity index (χ0v) is 12.8. The minimum absolute atomic E-state index is 0.463. The molecule has 1 aromatic rings. The van der Waals surface area contributed by atoms with Crippen LogP contribution >= 0.6 is 0 Å². The summed E-state index contributed by atoms with van der Waals surface area (Å²) in [5, 5.41) is 3.58. The molecule has 0 radical (unpaired) electrons. The van der Waals surface area contributed by atoms with Gasteiger partial charge in [0.25, 0.3) is 0 Å². The van der Waals surface area contributed by atoms with Crippen molar-refractivity contribution in [1.29, 1.82) is 0 Å². The lowest BCUT2D eigenvalue weighted by Gasteiger charge is -2.30. The molecule has 21 heavy (non-hydrogen) atoms. The standard InChI is InChI=1S/C16H25N3O2/c1-13(14-4-8-20-9-5-14)18-15-2-3-16(17-12-15)19-6-10-21-11-7-19/h2-3,12-14,18H,4-11H2,1H3. The Kier molecular flexibility index (Phi) is 4.93. The van der Waals surface area contributed by atoms with Crippen molar-refractivity contribution in [2.24, 2.45) is 5.92 Å². The fraction of sp³-hybridized carbons (Fsp3) is 0.688. The lowest BCUT2D eigenvalue weighted by atomic mass is 9.93. The number of ether oxygens (including phenoxy) is 2. The first kappa shape index (κ1) is 14.6. The Hall–Kier alpha value is -1.33. The van der Waals surface area contributed by atoms with Crippen LogP contribution in [-0.4, -0.2) is 50.5 Å². The number of aromatic nitrogens is 1. The Labute approximate surface area is 126 Å². The molecule has 3 heterocycles. The van der Waals surface area contributed by atoms with Gasteiger partial charge in [-0.25, -0.2) is 4.98 Å². The highest BCUT2D eigenvalue weighted by atomic mass is 16.5. The van der Waals surface area contributed by atoms with Crippen LogP contribution in [0.15, 0.2) is 18.3 Å². The van der Waals surface area contributed by atoms with E-state index in [1.54, 1.807) is 0 Å². The summed E-state index contributed by atoms with van der Waals surface area (Å²) in [6, 6.07) is 4.70. The number of morpholine rings is 1. The van der Waals surface area contributed by atoms with Gasteiger partial charge in [0.05, 0.1) is 25.1 Å². The monoisotopic (exact) mass is 291 g/mol. The second-order valence-corrected chi connectivity index (χ2v) is 5.89. The minimum Gasteiger partial charge on any atom is -0.381 e. The van der Waals surface area contributed by atoms with Crippen molar-refractivity contribution < 1.29 is 9.47 Å². The summed E-state index contributed by atoms with van der Waals surface area (Å²) in [5.74, 6) is 1.74. The van der Waals surface area contributed by atoms with E-state index in [1.165, 1.54) is 0 Å². The Morgan fingerprint density at radius 3 is 2.52 bits per heavy atom. The molecule has 3 rings (SSSR count). The molecule has 5 heteroatoms. The van der Waals surface area contributed by atoms with Crippen molar-refractivity contribution in [1.82, 2.24) is 4.98 Å². The van der Waals surface area contributed by atoms with E-state index in [0.29, 0.717) is 12.0 Å². The van der Waals surface area contributed by atoms with Gasteiger partial charge < -0.3 is 19.7 Å². The average molecular weight is 291 g/mol. The van der Waals surface area contributed by atoms with Gasteiger partial charge in [-0.2, -0.15) is 0 Å². The van der Waals surface area contributed by atoms with Crippen molar-refractivity contribution in [3.8, 4) is 0 Å². The molecule has 2 aliphatic rings. The van der Waals surface area contributed by atoms with Gasteiger partial charge in [0, 0.05) is 32.3 Å². The van der Waals surface area contributed by atoms with Gasteiger partial charge >= 0.3 is 0 Å². The van der Waals surface area contributed by atoms with E-state index >= 15 is 0 Å². The second kappa shape index (κ2) is 7.09. The highest BCUT2D eigenvalue weighted by Gasteiger charge is 2.20. The summed E-state index contributed by atoms with van der Waals surface area (Å²) in [7, 11) is 0. The van der Waals surface area contributed by atoms with Crippen molar-refractivity contribution in [3.05, 3.63) is 18.3 Å². The summed E-state index contributed by atoms with van der Waals surface area (Å²) in [6.07, 6.45) is 4.24. The molecule has 1 aromatic heterocycles. The molecule has 0 spiro atoms. The normalized spacial score (nSPS) is 22.0. The zero-order valence-electron chi connectivity index (χ0n) is 12.8. The van der Waals surface area contributed by atoms with E-state index in [0.717, 1.165) is 63.9 Å². The molecule has 1 unspecified atom stereocenters. The van der Waals surface area contributed by atoms with E-state index < -0.39 is 0 Å². The maximum absolute atomic E-state index is 5.43. The fourth-order valence-electron chi connectivity index (χ4n) is 3.05. The third kappa shape index (κ3) is 3.86. The smallest absolute Gasteiger partial charge is 0.128 e. The largest absolute Gasteiger partial charge is 0.381 e. The van der Waals surface area contributed by atoms with Crippen LogP contribution in [0, 0.1) is 5.92 Å². The summed E-state index contributed by atoms with van der Waals surface area (Å²) >= 11 is 0. The minimum atomic E-state index is 0.463. The molecular weight excluding hydrogens is 266 g/mol. The third-order valence-corrected chi connectivity index (χ3v) is 4.45. The molecule has 0 amide bonds. The van der Waals surface area contributed by atoms with E-state index in [2.05, 4.69) is 34.3 Å². The lowest BCUT2D eigenvalue weighted by Crippen LogP contribution is -2.36. The van der Waals surface area contributed by atoms with Gasteiger partial charge in [-0.3, -0.25) is 0 Å². The number of nitrogens with one attached hydrogen (secondary N) is 1. The van der Waals surface area contributed by atoms with Gasteiger partial charge in [0.1, 0.15) is 5.82 Å². The molecule has 1 N–H and O–H groups in total. The average Bonchev–Trinajstić information content (AvgIpc) is 2.57. The quantitative estimate of drug-likeness (QED) is 0.921. The van der Waals surface area contributed by atoms with Crippen LogP contribution in [0.25, 0.3) is 0 Å². The number of anilines is 2. The van der Waals surface area contributed by atoms with Crippen LogP contribution in [0.2, 0.25) is 0 Å². The molecule has 2 aliphatic heterocycles. The Morgan fingerprint density at radius 2 is 1.86 bits per heavy atom. The van der Waals surface area contributed by atoms with Gasteiger partial charge in [-0.05, 0) is 37.8 Å². The van der Waals surface area contributed by atoms with Crippen LogP contribution in [0.3, 0.4) is 0 Å². The van der Waals surface area contributed by atoms with Crippen LogP contribution in [0.1, 0.15) is 19.8 Å². The molecule has 0 saturated carbocycles. The zero-order chi connectivity index (χ0) is 14.5. The van der Waals surface area contributed by atoms with Crippen molar-refractivity contribution in [2.45, 2.75) is 25.8 Å². The van der Waals surface area contributed by atoms with Crippen molar-refractivity contribution in [2.75, 3.05) is 49.7 Å². The number of nitrogens with zero attached hydrogens (tertiary/aromatic N) is 2. The number of hydrogen-bond acceptors (Lipinski definition) is 5. The summed E-state index contributed by atoms with van der Waals surface area (Å²) in [6.45, 7) is 7.49. The van der Waals surface area contributed by atoms with E-state index in [9.17, 15) is 0 Å². The Bertz CT molecular complexity index is 426. The van der Waals surface area contributed by atoms with Crippen LogP contribution < -0.4 is 10.2 Å². The maximum atomic E-state index is 5.43. The first-order valence-electron chi connectivity index (χ1n) is 7.96. The Balaban J connectivity index is 1.56. The number of pyridine rings is 1. The Morgan fingerprint density at radius 1 is 1.14 bits per heavy atom. The van der Waals surface area contributed by atoms with Gasteiger partial charge in [0.15, 0.2) is 0 Å². The van der Waals surface area contributed by atoms with E-state index in [-0.39, 0.29) is 0 Å². The van der Waals surface area contributed by atoms with Gasteiger partial charge in [-0.1, -0.05) is 0 Å². The highest BCUT2D eigenvalue weighted by molar-refractivity contribution is 5.49. The fourth-order valence-corrected chi connectivity index (χ4v) is 3.05. The van der Waals surface area contributed by atoms with Crippen LogP contribution in [0.4, 0.5) is 11.5 Å². The molecule has 0 aromatic carbocycles. The third-order valence-electron chi connectivity index (χ3n) is 4.45. The topological polar surface area (TPSA) is 46.6 Å². The molecular formula is C16H25N3O2. The molecule has 0 aliphatic carbocycles. The maximum Gasteiger partial charge on any atom is 0.128 e. The molecule has 116 valence electrons. The van der Waals surface area contributed by atoms with Crippen LogP contribution in [-0.2, 0) is 9.47 Å². The van der Waals surface area contributed by atoms with Crippen molar-refractivity contribution in [3.63, 3.8) is 0 Å². The second-order valence-electron chi connectivity index (χ2n) is 5.89. The molecule has 1 atom stereocenters. The van der Waals surface area contributed by atoms with E-state index in [4.69, 9.17) is 9.47 Å². The van der Waals surface area contributed by atoms with Crippen molar-refractivity contribution >= 4 is 11.5 Å². The summed E-state index contributed by atoms with van der Waals surface area (Å²) in [4.78, 5) is 6.86. The molecule has 0 bridgehead atoms. The first-order chi connectivity index (χ1) is 10.3. The molecule has 5 nitrogen and oxygen atoms in total. The molecule has 2 fully saturated rings. The predicted octanol–water partition coefficient (Wildman–Crippen LogP) is 2.15. The van der Waals surface area contributed by atoms with Crippen LogP contribution in [0.5, 0.6) is 0 Å². The summed E-state index contributed by atoms with van der Waals surface area (Å²) in [5.41, 5.74) is 1.10. The first-order valence-corrected chi connectivity index (χ1v) is 7.96.